The number of hydrogen-bond donors (Lipinski definition) is 1. The van der Waals surface area contributed by atoms with E-state index in [1.165, 1.54) is 48.8 Å². The quantitative estimate of drug-likeness (QED) is 0.899. The molecule has 1 aliphatic rings. The third kappa shape index (κ3) is 3.84. The smallest absolute Gasteiger partial charge is 0.0307 e. The van der Waals surface area contributed by atoms with Gasteiger partial charge in [0.05, 0.1) is 0 Å². The van der Waals surface area contributed by atoms with E-state index < -0.39 is 0 Å². The van der Waals surface area contributed by atoms with Crippen LogP contribution in [-0.4, -0.2) is 29.6 Å². The second kappa shape index (κ2) is 7.06. The first-order valence-electron chi connectivity index (χ1n) is 7.76. The third-order valence-electron chi connectivity index (χ3n) is 4.73. The van der Waals surface area contributed by atoms with E-state index >= 15 is 0 Å². The van der Waals surface area contributed by atoms with Crippen LogP contribution in [0.5, 0.6) is 0 Å². The molecule has 2 nitrogen and oxygen atoms in total. The van der Waals surface area contributed by atoms with Crippen molar-refractivity contribution < 1.29 is 0 Å². The lowest BCUT2D eigenvalue weighted by Gasteiger charge is -2.42. The molecule has 1 fully saturated rings. The van der Waals surface area contributed by atoms with Crippen LogP contribution in [0.4, 0.5) is 0 Å². The Bertz CT molecular complexity index is 423. The molecule has 0 spiro atoms. The molecular weight excluding hydrogens is 312 g/mol. The van der Waals surface area contributed by atoms with Gasteiger partial charge in [-0.3, -0.25) is 4.90 Å². The second-order valence-corrected chi connectivity index (χ2v) is 7.31. The van der Waals surface area contributed by atoms with Gasteiger partial charge in [0.2, 0.25) is 0 Å². The lowest BCUT2D eigenvalue weighted by Crippen LogP contribution is -2.57. The summed E-state index contributed by atoms with van der Waals surface area (Å²) in [4.78, 5) is 2.60. The topological polar surface area (TPSA) is 29.3 Å². The van der Waals surface area contributed by atoms with Gasteiger partial charge >= 0.3 is 0 Å². The highest BCUT2D eigenvalue weighted by molar-refractivity contribution is 9.10. The number of rotatable bonds is 4. The zero-order valence-electron chi connectivity index (χ0n) is 12.7. The predicted molar refractivity (Wildman–Crippen MR) is 89.9 cm³/mol. The maximum atomic E-state index is 6.57. The minimum atomic E-state index is 0.0552. The molecule has 20 heavy (non-hydrogen) atoms. The highest BCUT2D eigenvalue weighted by Crippen LogP contribution is 2.26. The molecule has 1 aliphatic heterocycles. The third-order valence-corrected chi connectivity index (χ3v) is 5.50. The average Bonchev–Trinajstić information content (AvgIpc) is 2.70. The SMILES string of the molecule is CC(C)(C(N)Cc1ccccc1Br)N1CCCCCC1. The van der Waals surface area contributed by atoms with E-state index in [1.54, 1.807) is 0 Å². The summed E-state index contributed by atoms with van der Waals surface area (Å²) in [5.74, 6) is 0. The Kier molecular flexibility index (Phi) is 5.65. The summed E-state index contributed by atoms with van der Waals surface area (Å²) >= 11 is 3.63. The first kappa shape index (κ1) is 16.0. The summed E-state index contributed by atoms with van der Waals surface area (Å²) in [5, 5.41) is 0. The molecule has 3 heteroatoms. The number of benzene rings is 1. The lowest BCUT2D eigenvalue weighted by molar-refractivity contribution is 0.0978. The highest BCUT2D eigenvalue weighted by atomic mass is 79.9. The van der Waals surface area contributed by atoms with E-state index in [0.29, 0.717) is 0 Å². The largest absolute Gasteiger partial charge is 0.326 e. The molecule has 0 bridgehead atoms. The van der Waals surface area contributed by atoms with Crippen molar-refractivity contribution in [2.24, 2.45) is 5.73 Å². The van der Waals surface area contributed by atoms with Gasteiger partial charge in [-0.15, -0.1) is 0 Å². The maximum absolute atomic E-state index is 6.57. The summed E-state index contributed by atoms with van der Waals surface area (Å²) in [7, 11) is 0. The van der Waals surface area contributed by atoms with Gasteiger partial charge < -0.3 is 5.73 Å². The monoisotopic (exact) mass is 338 g/mol. The summed E-state index contributed by atoms with van der Waals surface area (Å²) in [6.07, 6.45) is 6.28. The minimum absolute atomic E-state index is 0.0552. The lowest BCUT2D eigenvalue weighted by atomic mass is 9.88. The van der Waals surface area contributed by atoms with Gasteiger partial charge in [0, 0.05) is 16.1 Å². The predicted octanol–water partition coefficient (Wildman–Crippen LogP) is 3.97. The van der Waals surface area contributed by atoms with Gasteiger partial charge in [0.15, 0.2) is 0 Å². The summed E-state index contributed by atoms with van der Waals surface area (Å²) in [6.45, 7) is 6.99. The second-order valence-electron chi connectivity index (χ2n) is 6.46. The van der Waals surface area contributed by atoms with Crippen LogP contribution < -0.4 is 5.73 Å². The molecule has 1 saturated heterocycles. The van der Waals surface area contributed by atoms with Gasteiger partial charge in [-0.05, 0) is 57.8 Å². The Morgan fingerprint density at radius 3 is 2.35 bits per heavy atom. The minimum Gasteiger partial charge on any atom is -0.326 e. The van der Waals surface area contributed by atoms with E-state index in [9.17, 15) is 0 Å². The Morgan fingerprint density at radius 1 is 1.15 bits per heavy atom. The molecule has 0 saturated carbocycles. The van der Waals surface area contributed by atoms with Gasteiger partial charge in [0.25, 0.3) is 0 Å². The summed E-state index contributed by atoms with van der Waals surface area (Å²) < 4.78 is 1.17. The van der Waals surface area contributed by atoms with Crippen LogP contribution in [0.25, 0.3) is 0 Å². The van der Waals surface area contributed by atoms with Crippen LogP contribution >= 0.6 is 15.9 Å². The zero-order chi connectivity index (χ0) is 14.6. The zero-order valence-corrected chi connectivity index (χ0v) is 14.3. The van der Waals surface area contributed by atoms with Crippen molar-refractivity contribution >= 4 is 15.9 Å². The van der Waals surface area contributed by atoms with E-state index in [2.05, 4.69) is 58.9 Å². The first-order valence-corrected chi connectivity index (χ1v) is 8.55. The van der Waals surface area contributed by atoms with Crippen molar-refractivity contribution in [2.45, 2.75) is 57.5 Å². The normalized spacial score (nSPS) is 19.6. The molecule has 1 heterocycles. The Morgan fingerprint density at radius 2 is 1.75 bits per heavy atom. The van der Waals surface area contributed by atoms with Crippen molar-refractivity contribution in [3.8, 4) is 0 Å². The summed E-state index contributed by atoms with van der Waals surface area (Å²) in [5.41, 5.74) is 7.94. The molecule has 0 amide bonds. The van der Waals surface area contributed by atoms with E-state index in [0.717, 1.165) is 6.42 Å². The number of nitrogens with two attached hydrogens (primary N) is 1. The van der Waals surface area contributed by atoms with Crippen LogP contribution in [-0.2, 0) is 6.42 Å². The van der Waals surface area contributed by atoms with E-state index in [-0.39, 0.29) is 11.6 Å². The van der Waals surface area contributed by atoms with Gasteiger partial charge in [0.1, 0.15) is 0 Å². The number of nitrogens with zero attached hydrogens (tertiary/aromatic N) is 1. The van der Waals surface area contributed by atoms with Crippen molar-refractivity contribution in [2.75, 3.05) is 13.1 Å². The van der Waals surface area contributed by atoms with Gasteiger partial charge in [-0.1, -0.05) is 47.0 Å². The molecule has 2 N–H and O–H groups in total. The fourth-order valence-corrected chi connectivity index (χ4v) is 3.48. The fourth-order valence-electron chi connectivity index (χ4n) is 3.03. The molecule has 1 aromatic carbocycles. The molecule has 0 radical (unpaired) electrons. The Labute approximate surface area is 131 Å². The van der Waals surface area contributed by atoms with E-state index in [1.807, 2.05) is 0 Å². The molecule has 0 aliphatic carbocycles. The summed E-state index contributed by atoms with van der Waals surface area (Å²) in [6, 6.07) is 8.56. The number of halogens is 1. The molecule has 0 aromatic heterocycles. The van der Waals surface area contributed by atoms with Crippen molar-refractivity contribution in [3.63, 3.8) is 0 Å². The molecular formula is C17H27BrN2. The van der Waals surface area contributed by atoms with Crippen LogP contribution in [0.1, 0.15) is 45.1 Å². The maximum Gasteiger partial charge on any atom is 0.0307 e. The number of hydrogen-bond acceptors (Lipinski definition) is 2. The van der Waals surface area contributed by atoms with Crippen molar-refractivity contribution in [1.82, 2.24) is 4.90 Å². The Hall–Kier alpha value is -0.380. The number of likely N-dealkylation sites (tertiary alicyclic amines) is 1. The molecule has 112 valence electrons. The highest BCUT2D eigenvalue weighted by Gasteiger charge is 2.33. The van der Waals surface area contributed by atoms with Gasteiger partial charge in [-0.25, -0.2) is 0 Å². The fraction of sp³-hybridized carbons (Fsp3) is 0.647. The molecule has 1 aromatic rings. The average molecular weight is 339 g/mol. The Balaban J connectivity index is 2.06. The van der Waals surface area contributed by atoms with Gasteiger partial charge in [-0.2, -0.15) is 0 Å². The molecule has 1 unspecified atom stereocenters. The van der Waals surface area contributed by atoms with Crippen molar-refractivity contribution in [1.29, 1.82) is 0 Å². The standard InChI is InChI=1S/C17H27BrN2/c1-17(2,20-11-7-3-4-8-12-20)16(19)13-14-9-5-6-10-15(14)18/h5-6,9-10,16H,3-4,7-8,11-13,19H2,1-2H3. The van der Waals surface area contributed by atoms with Crippen LogP contribution in [0.2, 0.25) is 0 Å². The first-order chi connectivity index (χ1) is 9.51. The van der Waals surface area contributed by atoms with Crippen LogP contribution in [0.15, 0.2) is 28.7 Å². The van der Waals surface area contributed by atoms with Crippen LogP contribution in [0.3, 0.4) is 0 Å². The van der Waals surface area contributed by atoms with Crippen molar-refractivity contribution in [3.05, 3.63) is 34.3 Å². The molecule has 2 rings (SSSR count). The van der Waals surface area contributed by atoms with E-state index in [4.69, 9.17) is 5.73 Å². The molecule has 1 atom stereocenters. The van der Waals surface area contributed by atoms with Crippen LogP contribution in [0, 0.1) is 0 Å².